The summed E-state index contributed by atoms with van der Waals surface area (Å²) in [6.07, 6.45) is 0. The predicted molar refractivity (Wildman–Crippen MR) is 69.3 cm³/mol. The second-order valence-electron chi connectivity index (χ2n) is 4.36. The monoisotopic (exact) mass is 255 g/mol. The van der Waals surface area contributed by atoms with E-state index in [1.807, 2.05) is 38.1 Å². The van der Waals surface area contributed by atoms with Gasteiger partial charge in [-0.25, -0.2) is 0 Å². The van der Waals surface area contributed by atoms with Gasteiger partial charge >= 0.3 is 5.97 Å². The van der Waals surface area contributed by atoms with Crippen molar-refractivity contribution in [1.82, 2.24) is 5.32 Å². The third-order valence-corrected chi connectivity index (χ3v) is 3.24. The number of nitrogens with one attached hydrogen (secondary N) is 1. The quantitative estimate of drug-likeness (QED) is 0.850. The zero-order valence-corrected chi connectivity index (χ0v) is 11.0. The van der Waals surface area contributed by atoms with Gasteiger partial charge in [-0.3, -0.25) is 4.79 Å². The molecule has 1 rings (SSSR count). The number of halogens is 1. The molecule has 1 aromatic carbocycles. The summed E-state index contributed by atoms with van der Waals surface area (Å²) < 4.78 is 0. The summed E-state index contributed by atoms with van der Waals surface area (Å²) in [5, 5.41) is 12.9. The third-order valence-electron chi connectivity index (χ3n) is 3.00. The van der Waals surface area contributed by atoms with Gasteiger partial charge in [0.15, 0.2) is 0 Å². The second kappa shape index (κ2) is 6.03. The molecule has 0 radical (unpaired) electrons. The van der Waals surface area contributed by atoms with Gasteiger partial charge in [-0.05, 0) is 31.5 Å². The average Bonchev–Trinajstić information content (AvgIpc) is 2.27. The molecule has 0 saturated heterocycles. The highest BCUT2D eigenvalue weighted by atomic mass is 35.5. The molecule has 0 aliphatic carbocycles. The van der Waals surface area contributed by atoms with Gasteiger partial charge in [-0.1, -0.05) is 30.7 Å². The fourth-order valence-electron chi connectivity index (χ4n) is 1.62. The highest BCUT2D eigenvalue weighted by Crippen LogP contribution is 2.18. The molecule has 94 valence electrons. The largest absolute Gasteiger partial charge is 0.481 e. The van der Waals surface area contributed by atoms with Gasteiger partial charge < -0.3 is 10.4 Å². The van der Waals surface area contributed by atoms with Crippen LogP contribution in [0.5, 0.6) is 0 Å². The number of hydrogen-bond acceptors (Lipinski definition) is 2. The van der Waals surface area contributed by atoms with Crippen molar-refractivity contribution in [1.29, 1.82) is 0 Å². The molecule has 0 aliphatic heterocycles. The lowest BCUT2D eigenvalue weighted by molar-refractivity contribution is -0.142. The molecule has 0 aromatic heterocycles. The summed E-state index contributed by atoms with van der Waals surface area (Å²) in [5.74, 6) is -1.21. The minimum Gasteiger partial charge on any atom is -0.481 e. The van der Waals surface area contributed by atoms with Crippen molar-refractivity contribution >= 4 is 17.6 Å². The lowest BCUT2D eigenvalue weighted by Crippen LogP contribution is -2.37. The Labute approximate surface area is 107 Å². The van der Waals surface area contributed by atoms with Gasteiger partial charge in [0.05, 0.1) is 5.92 Å². The number of hydrogen-bond donors (Lipinski definition) is 2. The Morgan fingerprint density at radius 3 is 2.53 bits per heavy atom. The Balaban J connectivity index is 2.66. The number of rotatable bonds is 5. The normalized spacial score (nSPS) is 16.2. The SMILES string of the molecule is CC(NC(C)C(C)C(=O)O)c1cccc(Cl)c1. The third kappa shape index (κ3) is 4.02. The molecule has 0 aliphatic rings. The Morgan fingerprint density at radius 1 is 1.35 bits per heavy atom. The van der Waals surface area contributed by atoms with Gasteiger partial charge in [-0.2, -0.15) is 0 Å². The van der Waals surface area contributed by atoms with Crippen LogP contribution >= 0.6 is 11.6 Å². The van der Waals surface area contributed by atoms with Gasteiger partial charge in [0.1, 0.15) is 0 Å². The van der Waals surface area contributed by atoms with Crippen molar-refractivity contribution in [2.24, 2.45) is 5.92 Å². The first-order valence-electron chi connectivity index (χ1n) is 5.66. The van der Waals surface area contributed by atoms with Crippen molar-refractivity contribution in [2.75, 3.05) is 0 Å². The molecule has 2 N–H and O–H groups in total. The van der Waals surface area contributed by atoms with E-state index in [4.69, 9.17) is 16.7 Å². The summed E-state index contributed by atoms with van der Waals surface area (Å²) in [6.45, 7) is 5.57. The molecule has 4 heteroatoms. The zero-order valence-electron chi connectivity index (χ0n) is 10.3. The van der Waals surface area contributed by atoms with Crippen LogP contribution in [0, 0.1) is 5.92 Å². The molecule has 0 saturated carbocycles. The van der Waals surface area contributed by atoms with Crippen LogP contribution in [-0.2, 0) is 4.79 Å². The highest BCUT2D eigenvalue weighted by Gasteiger charge is 2.20. The molecule has 0 bridgehead atoms. The summed E-state index contributed by atoms with van der Waals surface area (Å²) >= 11 is 5.92. The van der Waals surface area contributed by atoms with Crippen LogP contribution in [-0.4, -0.2) is 17.1 Å². The van der Waals surface area contributed by atoms with E-state index in [0.29, 0.717) is 5.02 Å². The first-order chi connectivity index (χ1) is 7.91. The van der Waals surface area contributed by atoms with Crippen molar-refractivity contribution in [3.8, 4) is 0 Å². The Hall–Kier alpha value is -1.06. The topological polar surface area (TPSA) is 49.3 Å². The van der Waals surface area contributed by atoms with Gasteiger partial charge in [0, 0.05) is 17.1 Å². The Bertz CT molecular complexity index is 395. The number of carbonyl (C=O) groups is 1. The Kier molecular flexibility index (Phi) is 4.97. The molecular weight excluding hydrogens is 238 g/mol. The van der Waals surface area contributed by atoms with Crippen LogP contribution in [0.2, 0.25) is 5.02 Å². The second-order valence-corrected chi connectivity index (χ2v) is 4.80. The smallest absolute Gasteiger partial charge is 0.307 e. The summed E-state index contributed by atoms with van der Waals surface area (Å²) in [7, 11) is 0. The zero-order chi connectivity index (χ0) is 13.0. The van der Waals surface area contributed by atoms with Crippen molar-refractivity contribution in [2.45, 2.75) is 32.9 Å². The number of benzene rings is 1. The first kappa shape index (κ1) is 14.0. The maximum atomic E-state index is 10.9. The summed E-state index contributed by atoms with van der Waals surface area (Å²) in [4.78, 5) is 10.9. The van der Waals surface area contributed by atoms with Crippen LogP contribution in [0.25, 0.3) is 0 Å². The minimum atomic E-state index is -0.789. The molecule has 3 nitrogen and oxygen atoms in total. The Morgan fingerprint density at radius 2 is 2.00 bits per heavy atom. The van der Waals surface area contributed by atoms with Crippen LogP contribution in [0.15, 0.2) is 24.3 Å². The van der Waals surface area contributed by atoms with Crippen LogP contribution in [0.3, 0.4) is 0 Å². The van der Waals surface area contributed by atoms with E-state index < -0.39 is 11.9 Å². The van der Waals surface area contributed by atoms with Crippen LogP contribution in [0.1, 0.15) is 32.4 Å². The van der Waals surface area contributed by atoms with Gasteiger partial charge in [0.2, 0.25) is 0 Å². The van der Waals surface area contributed by atoms with Crippen LogP contribution in [0.4, 0.5) is 0 Å². The number of carboxylic acid groups (broad SMARTS) is 1. The lowest BCUT2D eigenvalue weighted by atomic mass is 10.0. The molecule has 0 fully saturated rings. The van der Waals surface area contributed by atoms with E-state index in [0.717, 1.165) is 5.56 Å². The van der Waals surface area contributed by atoms with Crippen molar-refractivity contribution in [3.05, 3.63) is 34.9 Å². The summed E-state index contributed by atoms with van der Waals surface area (Å²) in [6, 6.07) is 7.55. The van der Waals surface area contributed by atoms with E-state index >= 15 is 0 Å². The standard InChI is InChI=1S/C13H18ClNO2/c1-8(13(16)17)9(2)15-10(3)11-5-4-6-12(14)7-11/h4-10,15H,1-3H3,(H,16,17). The fraction of sp³-hybridized carbons (Fsp3) is 0.462. The van der Waals surface area contributed by atoms with E-state index in [-0.39, 0.29) is 12.1 Å². The maximum absolute atomic E-state index is 10.9. The first-order valence-corrected chi connectivity index (χ1v) is 6.04. The van der Waals surface area contributed by atoms with E-state index in [1.165, 1.54) is 0 Å². The number of carboxylic acids is 1. The van der Waals surface area contributed by atoms with Gasteiger partial charge in [0.25, 0.3) is 0 Å². The number of aliphatic carboxylic acids is 1. The predicted octanol–water partition coefficient (Wildman–Crippen LogP) is 3.10. The molecule has 3 unspecified atom stereocenters. The van der Waals surface area contributed by atoms with Crippen molar-refractivity contribution < 1.29 is 9.90 Å². The molecule has 0 heterocycles. The lowest BCUT2D eigenvalue weighted by Gasteiger charge is -2.23. The van der Waals surface area contributed by atoms with Crippen LogP contribution < -0.4 is 5.32 Å². The van der Waals surface area contributed by atoms with E-state index in [9.17, 15) is 4.79 Å². The van der Waals surface area contributed by atoms with Gasteiger partial charge in [-0.15, -0.1) is 0 Å². The molecule has 0 spiro atoms. The summed E-state index contributed by atoms with van der Waals surface area (Å²) in [5.41, 5.74) is 1.06. The average molecular weight is 256 g/mol. The molecule has 1 aromatic rings. The molecule has 3 atom stereocenters. The fourth-order valence-corrected chi connectivity index (χ4v) is 1.82. The van der Waals surface area contributed by atoms with E-state index in [2.05, 4.69) is 5.32 Å². The van der Waals surface area contributed by atoms with Crippen molar-refractivity contribution in [3.63, 3.8) is 0 Å². The molecular formula is C13H18ClNO2. The molecule has 17 heavy (non-hydrogen) atoms. The molecule has 0 amide bonds. The highest BCUT2D eigenvalue weighted by molar-refractivity contribution is 6.30. The maximum Gasteiger partial charge on any atom is 0.307 e. The van der Waals surface area contributed by atoms with E-state index in [1.54, 1.807) is 6.92 Å². The minimum absolute atomic E-state index is 0.0745.